The van der Waals surface area contributed by atoms with E-state index in [0.717, 1.165) is 50.9 Å². The van der Waals surface area contributed by atoms with Crippen molar-refractivity contribution in [3.05, 3.63) is 0 Å². The molecule has 0 aromatic carbocycles. The molecule has 3 heteroatoms. The minimum atomic E-state index is -4.02. The molecule has 0 amide bonds. The maximum atomic E-state index is 14.0. The molecule has 2 saturated carbocycles. The van der Waals surface area contributed by atoms with Crippen LogP contribution >= 0.6 is 0 Å². The fourth-order valence-corrected chi connectivity index (χ4v) is 6.21. The minimum absolute atomic E-state index is 0.372. The molecule has 2 fully saturated rings. The molecule has 0 atom stereocenters. The number of alkyl halides is 3. The van der Waals surface area contributed by atoms with E-state index in [1.54, 1.807) is 0 Å². The second kappa shape index (κ2) is 12.6. The third-order valence-corrected chi connectivity index (χ3v) is 8.37. The summed E-state index contributed by atoms with van der Waals surface area (Å²) in [4.78, 5) is 0. The van der Waals surface area contributed by atoms with Crippen LogP contribution in [0, 0.1) is 23.2 Å². The molecular formula is C26H47F3. The molecule has 0 aliphatic heterocycles. The van der Waals surface area contributed by atoms with Gasteiger partial charge in [-0.1, -0.05) is 90.9 Å². The van der Waals surface area contributed by atoms with Crippen LogP contribution in [0.15, 0.2) is 0 Å². The monoisotopic (exact) mass is 416 g/mol. The summed E-state index contributed by atoms with van der Waals surface area (Å²) in [6.07, 6.45) is 15.9. The lowest BCUT2D eigenvalue weighted by molar-refractivity contribution is -0.241. The number of unbranched alkanes of at least 4 members (excludes halogenated alkanes) is 7. The van der Waals surface area contributed by atoms with Crippen LogP contribution in [0.4, 0.5) is 13.2 Å². The molecule has 0 heterocycles. The quantitative estimate of drug-likeness (QED) is 0.278. The van der Waals surface area contributed by atoms with Crippen LogP contribution in [-0.4, -0.2) is 6.18 Å². The maximum absolute atomic E-state index is 14.0. The zero-order valence-electron chi connectivity index (χ0n) is 19.3. The normalized spacial score (nSPS) is 31.1. The van der Waals surface area contributed by atoms with Crippen LogP contribution in [-0.2, 0) is 0 Å². The van der Waals surface area contributed by atoms with E-state index >= 15 is 0 Å². The van der Waals surface area contributed by atoms with Crippen LogP contribution in [0.25, 0.3) is 0 Å². The zero-order chi connectivity index (χ0) is 21.2. The molecule has 0 aromatic rings. The van der Waals surface area contributed by atoms with Crippen LogP contribution in [0.3, 0.4) is 0 Å². The van der Waals surface area contributed by atoms with Crippen molar-refractivity contribution in [1.29, 1.82) is 0 Å². The maximum Gasteiger partial charge on any atom is 0.394 e. The topological polar surface area (TPSA) is 0 Å². The van der Waals surface area contributed by atoms with Gasteiger partial charge in [0.15, 0.2) is 0 Å². The molecule has 0 bridgehead atoms. The standard InChI is InChI=1S/C26H47F3/c1-3-5-7-9-11-19-25(26(27,28)29)20-17-24(18-21-25)23-15-13-22(14-16-23)12-10-8-6-4-2/h22-24H,3-21H2,1-2H3/t22?,23?,24-,25+. The van der Waals surface area contributed by atoms with E-state index in [0.29, 0.717) is 31.1 Å². The molecule has 0 unspecified atom stereocenters. The average molecular weight is 417 g/mol. The lowest BCUT2D eigenvalue weighted by atomic mass is 9.62. The summed E-state index contributed by atoms with van der Waals surface area (Å²) in [6.45, 7) is 4.41. The number of hydrogen-bond donors (Lipinski definition) is 0. The summed E-state index contributed by atoms with van der Waals surface area (Å²) in [6, 6.07) is 0. The second-order valence-corrected chi connectivity index (χ2v) is 10.4. The molecule has 2 aliphatic rings. The highest BCUT2D eigenvalue weighted by Gasteiger charge is 2.55. The summed E-state index contributed by atoms with van der Waals surface area (Å²) in [5.74, 6) is 2.16. The first-order valence-electron chi connectivity index (χ1n) is 13.0. The first-order chi connectivity index (χ1) is 13.9. The van der Waals surface area contributed by atoms with E-state index in [1.807, 2.05) is 0 Å². The molecule has 172 valence electrons. The summed E-state index contributed by atoms with van der Waals surface area (Å²) < 4.78 is 41.9. The van der Waals surface area contributed by atoms with Gasteiger partial charge < -0.3 is 0 Å². The summed E-state index contributed by atoms with van der Waals surface area (Å²) in [5.41, 5.74) is -1.37. The Morgan fingerprint density at radius 2 is 1.17 bits per heavy atom. The zero-order valence-corrected chi connectivity index (χ0v) is 19.3. The average Bonchev–Trinajstić information content (AvgIpc) is 2.71. The summed E-state index contributed by atoms with van der Waals surface area (Å²) >= 11 is 0. The van der Waals surface area contributed by atoms with E-state index < -0.39 is 11.6 Å². The van der Waals surface area contributed by atoms with Gasteiger partial charge in [0.2, 0.25) is 0 Å². The van der Waals surface area contributed by atoms with E-state index in [2.05, 4.69) is 13.8 Å². The Kier molecular flexibility index (Phi) is 10.9. The smallest absolute Gasteiger partial charge is 0.171 e. The van der Waals surface area contributed by atoms with E-state index in [9.17, 15) is 13.2 Å². The SMILES string of the molecule is CCCCCCC[C@]1(C(F)(F)F)CC[C@@H](C2CCC(CCCCCC)CC2)CC1. The second-order valence-electron chi connectivity index (χ2n) is 10.4. The van der Waals surface area contributed by atoms with Gasteiger partial charge in [-0.3, -0.25) is 0 Å². The molecule has 0 aromatic heterocycles. The third kappa shape index (κ3) is 7.76. The molecule has 29 heavy (non-hydrogen) atoms. The molecule has 0 nitrogen and oxygen atoms in total. The van der Waals surface area contributed by atoms with Crippen LogP contribution in [0.5, 0.6) is 0 Å². The Hall–Kier alpha value is -0.210. The molecule has 0 saturated heterocycles. The Morgan fingerprint density at radius 3 is 1.72 bits per heavy atom. The highest BCUT2D eigenvalue weighted by molar-refractivity contribution is 4.93. The molecule has 0 N–H and O–H groups in total. The van der Waals surface area contributed by atoms with Gasteiger partial charge in [0.25, 0.3) is 0 Å². The highest BCUT2D eigenvalue weighted by Crippen LogP contribution is 2.55. The molecular weight excluding hydrogens is 369 g/mol. The van der Waals surface area contributed by atoms with E-state index in [-0.39, 0.29) is 0 Å². The number of rotatable bonds is 12. The van der Waals surface area contributed by atoms with Crippen molar-refractivity contribution >= 4 is 0 Å². The van der Waals surface area contributed by atoms with Gasteiger partial charge in [0.05, 0.1) is 5.41 Å². The van der Waals surface area contributed by atoms with E-state index in [1.165, 1.54) is 57.8 Å². The van der Waals surface area contributed by atoms with Crippen LogP contribution < -0.4 is 0 Å². The van der Waals surface area contributed by atoms with Crippen molar-refractivity contribution in [1.82, 2.24) is 0 Å². The van der Waals surface area contributed by atoms with Crippen molar-refractivity contribution in [2.75, 3.05) is 0 Å². The third-order valence-electron chi connectivity index (χ3n) is 8.37. The lowest BCUT2D eigenvalue weighted by Gasteiger charge is -2.44. The Morgan fingerprint density at radius 1 is 0.655 bits per heavy atom. The van der Waals surface area contributed by atoms with Gasteiger partial charge in [0.1, 0.15) is 0 Å². The van der Waals surface area contributed by atoms with Gasteiger partial charge in [0, 0.05) is 0 Å². The van der Waals surface area contributed by atoms with Gasteiger partial charge in [-0.05, 0) is 62.7 Å². The van der Waals surface area contributed by atoms with Gasteiger partial charge in [-0.25, -0.2) is 0 Å². The first kappa shape index (κ1) is 25.1. The van der Waals surface area contributed by atoms with Crippen molar-refractivity contribution < 1.29 is 13.2 Å². The molecule has 0 radical (unpaired) electrons. The number of halogens is 3. The van der Waals surface area contributed by atoms with Crippen LogP contribution in [0.1, 0.15) is 136 Å². The van der Waals surface area contributed by atoms with Gasteiger partial charge in [-0.15, -0.1) is 0 Å². The predicted octanol–water partition coefficient (Wildman–Crippen LogP) is 9.86. The van der Waals surface area contributed by atoms with E-state index in [4.69, 9.17) is 0 Å². The van der Waals surface area contributed by atoms with Crippen molar-refractivity contribution in [2.24, 2.45) is 23.2 Å². The van der Waals surface area contributed by atoms with Gasteiger partial charge >= 0.3 is 6.18 Å². The van der Waals surface area contributed by atoms with Crippen molar-refractivity contribution in [3.63, 3.8) is 0 Å². The molecule has 2 rings (SSSR count). The lowest BCUT2D eigenvalue weighted by Crippen LogP contribution is -2.42. The van der Waals surface area contributed by atoms with Crippen molar-refractivity contribution in [2.45, 2.75) is 142 Å². The predicted molar refractivity (Wildman–Crippen MR) is 118 cm³/mol. The number of hydrogen-bond acceptors (Lipinski definition) is 0. The Labute approximate surface area is 178 Å². The summed E-state index contributed by atoms with van der Waals surface area (Å²) in [7, 11) is 0. The van der Waals surface area contributed by atoms with Gasteiger partial charge in [-0.2, -0.15) is 13.2 Å². The Bertz CT molecular complexity index is 412. The Balaban J connectivity index is 1.74. The fraction of sp³-hybridized carbons (Fsp3) is 1.00. The highest BCUT2D eigenvalue weighted by atomic mass is 19.4. The van der Waals surface area contributed by atoms with Crippen LogP contribution in [0.2, 0.25) is 0 Å². The summed E-state index contributed by atoms with van der Waals surface area (Å²) in [5, 5.41) is 0. The molecule has 0 spiro atoms. The molecule has 2 aliphatic carbocycles. The minimum Gasteiger partial charge on any atom is -0.171 e. The van der Waals surface area contributed by atoms with Crippen molar-refractivity contribution in [3.8, 4) is 0 Å². The largest absolute Gasteiger partial charge is 0.394 e. The first-order valence-corrected chi connectivity index (χ1v) is 13.0. The fourth-order valence-electron chi connectivity index (χ4n) is 6.21.